The van der Waals surface area contributed by atoms with Gasteiger partial charge in [0.15, 0.2) is 0 Å². The molecule has 0 radical (unpaired) electrons. The molecule has 0 bridgehead atoms. The highest BCUT2D eigenvalue weighted by molar-refractivity contribution is 7.80. The largest absolute Gasteiger partial charge is 0.389 e. The van der Waals surface area contributed by atoms with Gasteiger partial charge in [0.1, 0.15) is 4.99 Å². The van der Waals surface area contributed by atoms with Gasteiger partial charge in [0.2, 0.25) is 0 Å². The first-order valence-electron chi connectivity index (χ1n) is 6.40. The maximum atomic E-state index is 12.1. The first kappa shape index (κ1) is 15.6. The number of benzene rings is 1. The lowest BCUT2D eigenvalue weighted by atomic mass is 9.82. The number of hydrogen-bond donors (Lipinski definition) is 2. The maximum Gasteiger partial charge on any atom is 0.251 e. The van der Waals surface area contributed by atoms with E-state index < -0.39 is 0 Å². The molecule has 1 unspecified atom stereocenters. The third kappa shape index (κ3) is 4.63. The summed E-state index contributed by atoms with van der Waals surface area (Å²) in [6.45, 7) is 9.28. The third-order valence-corrected chi connectivity index (χ3v) is 3.69. The van der Waals surface area contributed by atoms with Crippen molar-refractivity contribution < 1.29 is 4.79 Å². The van der Waals surface area contributed by atoms with Gasteiger partial charge in [-0.3, -0.25) is 4.79 Å². The van der Waals surface area contributed by atoms with Crippen molar-refractivity contribution in [1.82, 2.24) is 5.32 Å². The number of nitrogens with one attached hydrogen (secondary N) is 1. The van der Waals surface area contributed by atoms with Gasteiger partial charge in [-0.2, -0.15) is 0 Å². The van der Waals surface area contributed by atoms with Gasteiger partial charge in [0.05, 0.1) is 0 Å². The number of rotatable bonds is 4. The fourth-order valence-corrected chi connectivity index (χ4v) is 1.59. The van der Waals surface area contributed by atoms with E-state index >= 15 is 0 Å². The van der Waals surface area contributed by atoms with Gasteiger partial charge in [-0.25, -0.2) is 0 Å². The molecule has 1 rings (SSSR count). The van der Waals surface area contributed by atoms with Crippen LogP contribution in [-0.4, -0.2) is 17.4 Å². The molecule has 1 aromatic rings. The van der Waals surface area contributed by atoms with Gasteiger partial charge in [0, 0.05) is 17.7 Å². The molecule has 0 aliphatic carbocycles. The summed E-state index contributed by atoms with van der Waals surface area (Å²) >= 11 is 4.91. The van der Waals surface area contributed by atoms with E-state index in [0.717, 1.165) is 0 Å². The molecule has 0 aliphatic rings. The summed E-state index contributed by atoms with van der Waals surface area (Å²) in [6.07, 6.45) is 0. The molecule has 1 aromatic carbocycles. The van der Waals surface area contributed by atoms with Crippen LogP contribution in [0.15, 0.2) is 24.3 Å². The van der Waals surface area contributed by atoms with Crippen molar-refractivity contribution in [2.24, 2.45) is 17.1 Å². The highest BCUT2D eigenvalue weighted by Gasteiger charge is 2.20. The topological polar surface area (TPSA) is 55.1 Å². The standard InChI is InChI=1S/C15H22N2OS/c1-10(15(2,3)4)9-17-14(18)12-7-5-6-11(8-12)13(16)19/h5-8,10H,9H2,1-4H3,(H2,16,19)(H,17,18). The Balaban J connectivity index is 2.69. The van der Waals surface area contributed by atoms with E-state index in [2.05, 4.69) is 33.0 Å². The monoisotopic (exact) mass is 278 g/mol. The van der Waals surface area contributed by atoms with E-state index in [-0.39, 0.29) is 11.3 Å². The molecule has 0 aliphatic heterocycles. The second kappa shape index (κ2) is 6.15. The maximum absolute atomic E-state index is 12.1. The summed E-state index contributed by atoms with van der Waals surface area (Å²) in [6, 6.07) is 7.08. The molecule has 0 spiro atoms. The lowest BCUT2D eigenvalue weighted by Gasteiger charge is -2.27. The van der Waals surface area contributed by atoms with Crippen LogP contribution in [0.1, 0.15) is 43.6 Å². The predicted molar refractivity (Wildman–Crippen MR) is 83.3 cm³/mol. The Hall–Kier alpha value is -1.42. The molecule has 0 fully saturated rings. The Labute approximate surface area is 120 Å². The molecule has 104 valence electrons. The van der Waals surface area contributed by atoms with Crippen LogP contribution in [0.5, 0.6) is 0 Å². The van der Waals surface area contributed by atoms with E-state index in [1.165, 1.54) is 0 Å². The SMILES string of the molecule is CC(CNC(=O)c1cccc(C(N)=S)c1)C(C)(C)C. The normalized spacial score (nSPS) is 12.8. The molecule has 0 saturated heterocycles. The predicted octanol–water partition coefficient (Wildman–Crippen LogP) is 2.73. The molecule has 0 aromatic heterocycles. The van der Waals surface area contributed by atoms with E-state index in [9.17, 15) is 4.79 Å². The van der Waals surface area contributed by atoms with Gasteiger partial charge in [0.25, 0.3) is 5.91 Å². The zero-order chi connectivity index (χ0) is 14.6. The van der Waals surface area contributed by atoms with Crippen molar-refractivity contribution in [3.8, 4) is 0 Å². The van der Waals surface area contributed by atoms with E-state index in [0.29, 0.717) is 28.6 Å². The number of thiocarbonyl (C=S) groups is 1. The number of amides is 1. The minimum Gasteiger partial charge on any atom is -0.389 e. The number of nitrogens with two attached hydrogens (primary N) is 1. The fourth-order valence-electron chi connectivity index (χ4n) is 1.47. The second-order valence-corrected chi connectivity index (χ2v) is 6.36. The lowest BCUT2D eigenvalue weighted by Crippen LogP contribution is -2.33. The van der Waals surface area contributed by atoms with Gasteiger partial charge in [-0.15, -0.1) is 0 Å². The molecule has 3 N–H and O–H groups in total. The fraction of sp³-hybridized carbons (Fsp3) is 0.467. The molecule has 1 atom stereocenters. The average molecular weight is 278 g/mol. The smallest absolute Gasteiger partial charge is 0.251 e. The van der Waals surface area contributed by atoms with Crippen LogP contribution in [0.4, 0.5) is 0 Å². The van der Waals surface area contributed by atoms with Crippen molar-refractivity contribution >= 4 is 23.1 Å². The molecular formula is C15H22N2OS. The van der Waals surface area contributed by atoms with Gasteiger partial charge in [-0.05, 0) is 23.5 Å². The van der Waals surface area contributed by atoms with Crippen LogP contribution in [0.3, 0.4) is 0 Å². The summed E-state index contributed by atoms with van der Waals surface area (Å²) in [5, 5.41) is 2.95. The molecule has 19 heavy (non-hydrogen) atoms. The van der Waals surface area contributed by atoms with Crippen LogP contribution >= 0.6 is 12.2 Å². The molecule has 0 saturated carbocycles. The molecule has 3 nitrogen and oxygen atoms in total. The van der Waals surface area contributed by atoms with Crippen LogP contribution in [0, 0.1) is 11.3 Å². The van der Waals surface area contributed by atoms with E-state index in [4.69, 9.17) is 18.0 Å². The summed E-state index contributed by atoms with van der Waals surface area (Å²) in [4.78, 5) is 12.4. The highest BCUT2D eigenvalue weighted by Crippen LogP contribution is 2.24. The van der Waals surface area contributed by atoms with E-state index in [1.54, 1.807) is 24.3 Å². The van der Waals surface area contributed by atoms with Crippen LogP contribution in [-0.2, 0) is 0 Å². The molecule has 1 amide bonds. The Morgan fingerprint density at radius 1 is 1.37 bits per heavy atom. The van der Waals surface area contributed by atoms with Gasteiger partial charge < -0.3 is 11.1 Å². The van der Waals surface area contributed by atoms with Crippen LogP contribution in [0.2, 0.25) is 0 Å². The van der Waals surface area contributed by atoms with Gasteiger partial charge >= 0.3 is 0 Å². The Kier molecular flexibility index (Phi) is 5.06. The molecule has 0 heterocycles. The molecule has 4 heteroatoms. The van der Waals surface area contributed by atoms with Crippen molar-refractivity contribution in [1.29, 1.82) is 0 Å². The summed E-state index contributed by atoms with van der Waals surface area (Å²) < 4.78 is 0. The van der Waals surface area contributed by atoms with Gasteiger partial charge in [-0.1, -0.05) is 52.0 Å². The first-order valence-corrected chi connectivity index (χ1v) is 6.80. The lowest BCUT2D eigenvalue weighted by molar-refractivity contribution is 0.0937. The van der Waals surface area contributed by atoms with Crippen molar-refractivity contribution in [2.45, 2.75) is 27.7 Å². The van der Waals surface area contributed by atoms with E-state index in [1.807, 2.05) is 0 Å². The van der Waals surface area contributed by atoms with Crippen molar-refractivity contribution in [2.75, 3.05) is 6.54 Å². The summed E-state index contributed by atoms with van der Waals surface area (Å²) in [5.74, 6) is 0.310. The zero-order valence-corrected chi connectivity index (χ0v) is 12.8. The van der Waals surface area contributed by atoms with Crippen molar-refractivity contribution in [3.63, 3.8) is 0 Å². The summed E-state index contributed by atoms with van der Waals surface area (Å²) in [7, 11) is 0. The summed E-state index contributed by atoms with van der Waals surface area (Å²) in [5.41, 5.74) is 7.04. The Bertz CT molecular complexity index is 477. The van der Waals surface area contributed by atoms with Crippen molar-refractivity contribution in [3.05, 3.63) is 35.4 Å². The zero-order valence-electron chi connectivity index (χ0n) is 12.0. The second-order valence-electron chi connectivity index (χ2n) is 5.92. The number of carbonyl (C=O) groups is 1. The average Bonchev–Trinajstić information content (AvgIpc) is 2.34. The first-order chi connectivity index (χ1) is 8.71. The van der Waals surface area contributed by atoms with Crippen LogP contribution in [0.25, 0.3) is 0 Å². The van der Waals surface area contributed by atoms with Crippen LogP contribution < -0.4 is 11.1 Å². The Morgan fingerprint density at radius 3 is 2.47 bits per heavy atom. The number of hydrogen-bond acceptors (Lipinski definition) is 2. The highest BCUT2D eigenvalue weighted by atomic mass is 32.1. The minimum atomic E-state index is -0.0887. The quantitative estimate of drug-likeness (QED) is 0.833. The third-order valence-electron chi connectivity index (χ3n) is 3.46. The number of carbonyl (C=O) groups excluding carboxylic acids is 1. The molecular weight excluding hydrogens is 256 g/mol. The minimum absolute atomic E-state index is 0.0887. The Morgan fingerprint density at radius 2 is 1.95 bits per heavy atom.